The summed E-state index contributed by atoms with van der Waals surface area (Å²) in [4.78, 5) is 11.6. The van der Waals surface area contributed by atoms with Gasteiger partial charge in [0.05, 0.1) is 0 Å². The number of aliphatic carboxylic acids is 1. The Labute approximate surface area is 88.3 Å². The minimum absolute atomic E-state index is 0.209. The first kappa shape index (κ1) is 11.1. The Morgan fingerprint density at radius 1 is 1.36 bits per heavy atom. The molecule has 0 bridgehead atoms. The molecule has 76 valence electrons. The van der Waals surface area contributed by atoms with Gasteiger partial charge < -0.3 is 5.11 Å². The summed E-state index contributed by atoms with van der Waals surface area (Å²) in [5.41, 5.74) is 1.09. The molecule has 0 aromatic heterocycles. The van der Waals surface area contributed by atoms with Crippen LogP contribution in [0.15, 0.2) is 29.2 Å². The van der Waals surface area contributed by atoms with Crippen LogP contribution in [0.3, 0.4) is 0 Å². The first-order valence-electron chi connectivity index (χ1n) is 4.66. The smallest absolute Gasteiger partial charge is 0.303 e. The van der Waals surface area contributed by atoms with Crippen LogP contribution in [0, 0.1) is 0 Å². The summed E-state index contributed by atoms with van der Waals surface area (Å²) in [5, 5.41) is 8.51. The molecule has 0 saturated heterocycles. The van der Waals surface area contributed by atoms with Crippen molar-refractivity contribution in [1.29, 1.82) is 0 Å². The third-order valence-corrected chi connectivity index (χ3v) is 2.76. The molecule has 0 heterocycles. The lowest BCUT2D eigenvalue weighted by molar-refractivity contribution is -0.136. The molecule has 0 saturated carbocycles. The largest absolute Gasteiger partial charge is 0.481 e. The number of hydrogen-bond acceptors (Lipinski definition) is 2. The van der Waals surface area contributed by atoms with Crippen molar-refractivity contribution in [3.05, 3.63) is 29.8 Å². The maximum atomic E-state index is 10.3. The molecule has 3 heteroatoms. The quantitative estimate of drug-likeness (QED) is 0.759. The summed E-state index contributed by atoms with van der Waals surface area (Å²) in [6, 6.07) is 8.10. The van der Waals surface area contributed by atoms with Crippen LogP contribution in [0.1, 0.15) is 18.9 Å². The van der Waals surface area contributed by atoms with Gasteiger partial charge in [0, 0.05) is 11.3 Å². The number of carboxylic acid groups (broad SMARTS) is 1. The third kappa shape index (κ3) is 3.83. The van der Waals surface area contributed by atoms with Gasteiger partial charge >= 0.3 is 5.97 Å². The number of carbonyl (C=O) groups is 1. The number of thioether (sulfide) groups is 1. The predicted octanol–water partition coefficient (Wildman–Crippen LogP) is 2.82. The van der Waals surface area contributed by atoms with E-state index in [2.05, 4.69) is 6.92 Å². The maximum Gasteiger partial charge on any atom is 0.303 e. The highest BCUT2D eigenvalue weighted by molar-refractivity contribution is 7.99. The van der Waals surface area contributed by atoms with E-state index in [0.29, 0.717) is 6.42 Å². The highest BCUT2D eigenvalue weighted by Gasteiger charge is 1.99. The van der Waals surface area contributed by atoms with Crippen LogP contribution in [0.4, 0.5) is 0 Å². The Kier molecular flexibility index (Phi) is 4.53. The molecule has 1 aromatic carbocycles. The van der Waals surface area contributed by atoms with Gasteiger partial charge in [-0.2, -0.15) is 0 Å². The van der Waals surface area contributed by atoms with Gasteiger partial charge in [0.15, 0.2) is 0 Å². The zero-order valence-corrected chi connectivity index (χ0v) is 9.01. The fourth-order valence-corrected chi connectivity index (χ4v) is 1.83. The highest BCUT2D eigenvalue weighted by atomic mass is 32.2. The lowest BCUT2D eigenvalue weighted by atomic mass is 10.1. The second-order valence-electron chi connectivity index (χ2n) is 2.97. The molecule has 1 rings (SSSR count). The average Bonchev–Trinajstić information content (AvgIpc) is 2.17. The van der Waals surface area contributed by atoms with Crippen LogP contribution in [0.2, 0.25) is 0 Å². The van der Waals surface area contributed by atoms with Crippen molar-refractivity contribution in [1.82, 2.24) is 0 Å². The van der Waals surface area contributed by atoms with E-state index in [1.807, 2.05) is 24.3 Å². The summed E-state index contributed by atoms with van der Waals surface area (Å²) in [6.07, 6.45) is 0.826. The standard InChI is InChI=1S/C11H14O2S/c1-2-14-10-6-3-9(4-7-10)5-8-11(12)13/h3-4,6-7H,2,5,8H2,1H3,(H,12,13). The van der Waals surface area contributed by atoms with Crippen LogP contribution >= 0.6 is 11.8 Å². The Balaban J connectivity index is 2.50. The molecule has 0 radical (unpaired) electrons. The molecule has 1 aromatic rings. The van der Waals surface area contributed by atoms with Crippen molar-refractivity contribution < 1.29 is 9.90 Å². The van der Waals surface area contributed by atoms with Gasteiger partial charge in [-0.15, -0.1) is 11.8 Å². The highest BCUT2D eigenvalue weighted by Crippen LogP contribution is 2.18. The maximum absolute atomic E-state index is 10.3. The molecule has 0 fully saturated rings. The Bertz CT molecular complexity index is 293. The molecular formula is C11H14O2S. The van der Waals surface area contributed by atoms with Crippen LogP contribution in [-0.4, -0.2) is 16.8 Å². The van der Waals surface area contributed by atoms with Crippen molar-refractivity contribution in [3.8, 4) is 0 Å². The van der Waals surface area contributed by atoms with Gasteiger partial charge in [-0.3, -0.25) is 4.79 Å². The lowest BCUT2D eigenvalue weighted by Crippen LogP contribution is -1.97. The van der Waals surface area contributed by atoms with E-state index in [0.717, 1.165) is 11.3 Å². The zero-order valence-electron chi connectivity index (χ0n) is 8.19. The molecule has 0 aliphatic heterocycles. The minimum Gasteiger partial charge on any atom is -0.481 e. The SMILES string of the molecule is CCSc1ccc(CCC(=O)O)cc1. The number of hydrogen-bond donors (Lipinski definition) is 1. The molecule has 0 spiro atoms. The van der Waals surface area contributed by atoms with Crippen molar-refractivity contribution in [2.45, 2.75) is 24.7 Å². The first-order chi connectivity index (χ1) is 6.72. The normalized spacial score (nSPS) is 10.1. The fourth-order valence-electron chi connectivity index (χ4n) is 1.17. The van der Waals surface area contributed by atoms with E-state index in [-0.39, 0.29) is 6.42 Å². The van der Waals surface area contributed by atoms with E-state index in [9.17, 15) is 4.79 Å². The second kappa shape index (κ2) is 5.70. The van der Waals surface area contributed by atoms with Crippen LogP contribution in [0.25, 0.3) is 0 Å². The molecule has 14 heavy (non-hydrogen) atoms. The predicted molar refractivity (Wildman–Crippen MR) is 58.8 cm³/mol. The van der Waals surface area contributed by atoms with Crippen LogP contribution in [0.5, 0.6) is 0 Å². The van der Waals surface area contributed by atoms with Gasteiger partial charge in [-0.1, -0.05) is 19.1 Å². The zero-order chi connectivity index (χ0) is 10.4. The lowest BCUT2D eigenvalue weighted by Gasteiger charge is -2.01. The number of aryl methyl sites for hydroxylation is 1. The van der Waals surface area contributed by atoms with Gasteiger partial charge in [0.1, 0.15) is 0 Å². The Morgan fingerprint density at radius 3 is 2.50 bits per heavy atom. The molecule has 0 unspecified atom stereocenters. The van der Waals surface area contributed by atoms with E-state index >= 15 is 0 Å². The van der Waals surface area contributed by atoms with Crippen molar-refractivity contribution >= 4 is 17.7 Å². The van der Waals surface area contributed by atoms with Gasteiger partial charge in [0.2, 0.25) is 0 Å². The summed E-state index contributed by atoms with van der Waals surface area (Å²) in [5.74, 6) is 0.325. The molecule has 0 aliphatic carbocycles. The van der Waals surface area contributed by atoms with Crippen molar-refractivity contribution in [2.24, 2.45) is 0 Å². The second-order valence-corrected chi connectivity index (χ2v) is 4.31. The van der Waals surface area contributed by atoms with E-state index < -0.39 is 5.97 Å². The van der Waals surface area contributed by atoms with Crippen LogP contribution < -0.4 is 0 Å². The van der Waals surface area contributed by atoms with Gasteiger partial charge in [-0.05, 0) is 29.9 Å². The summed E-state index contributed by atoms with van der Waals surface area (Å²) >= 11 is 1.79. The number of carboxylic acids is 1. The number of rotatable bonds is 5. The van der Waals surface area contributed by atoms with E-state index in [4.69, 9.17) is 5.11 Å². The van der Waals surface area contributed by atoms with Gasteiger partial charge in [0.25, 0.3) is 0 Å². The topological polar surface area (TPSA) is 37.3 Å². The first-order valence-corrected chi connectivity index (χ1v) is 5.64. The molecular weight excluding hydrogens is 196 g/mol. The van der Waals surface area contributed by atoms with E-state index in [1.165, 1.54) is 4.90 Å². The number of benzene rings is 1. The van der Waals surface area contributed by atoms with E-state index in [1.54, 1.807) is 11.8 Å². The molecule has 2 nitrogen and oxygen atoms in total. The molecule has 1 N–H and O–H groups in total. The van der Waals surface area contributed by atoms with Gasteiger partial charge in [-0.25, -0.2) is 0 Å². The molecule has 0 aliphatic rings. The van der Waals surface area contributed by atoms with Crippen LogP contribution in [-0.2, 0) is 11.2 Å². The molecule has 0 atom stereocenters. The molecule has 0 amide bonds. The summed E-state index contributed by atoms with van der Waals surface area (Å²) < 4.78 is 0. The minimum atomic E-state index is -0.739. The summed E-state index contributed by atoms with van der Waals surface area (Å²) in [7, 11) is 0. The Hall–Kier alpha value is -0.960. The summed E-state index contributed by atoms with van der Waals surface area (Å²) in [6.45, 7) is 2.11. The monoisotopic (exact) mass is 210 g/mol. The van der Waals surface area contributed by atoms with Crippen molar-refractivity contribution in [2.75, 3.05) is 5.75 Å². The fraction of sp³-hybridized carbons (Fsp3) is 0.364. The van der Waals surface area contributed by atoms with Crippen molar-refractivity contribution in [3.63, 3.8) is 0 Å². The Morgan fingerprint density at radius 2 is 2.00 bits per heavy atom. The average molecular weight is 210 g/mol. The third-order valence-electron chi connectivity index (χ3n) is 1.86.